The van der Waals surface area contributed by atoms with Crippen molar-refractivity contribution in [1.29, 1.82) is 0 Å². The second-order valence-electron chi connectivity index (χ2n) is 3.68. The van der Waals surface area contributed by atoms with Crippen molar-refractivity contribution in [3.05, 3.63) is 47.8 Å². The van der Waals surface area contributed by atoms with Crippen molar-refractivity contribution >= 4 is 11.6 Å². The SMILES string of the molecule is Cc1cnc(NCc2cccc(N)c2)nc1. The van der Waals surface area contributed by atoms with Crippen LogP contribution in [0.1, 0.15) is 11.1 Å². The largest absolute Gasteiger partial charge is 0.399 e. The lowest BCUT2D eigenvalue weighted by Crippen LogP contribution is -2.03. The zero-order valence-corrected chi connectivity index (χ0v) is 9.14. The Balaban J connectivity index is 1.99. The number of aromatic nitrogens is 2. The van der Waals surface area contributed by atoms with Crippen molar-refractivity contribution in [3.8, 4) is 0 Å². The zero-order chi connectivity index (χ0) is 11.4. The van der Waals surface area contributed by atoms with Gasteiger partial charge in [-0.15, -0.1) is 0 Å². The van der Waals surface area contributed by atoms with E-state index in [4.69, 9.17) is 5.73 Å². The normalized spacial score (nSPS) is 10.1. The Hall–Kier alpha value is -2.10. The number of aryl methyl sites for hydroxylation is 1. The molecule has 4 heteroatoms. The lowest BCUT2D eigenvalue weighted by Gasteiger charge is -2.05. The molecule has 0 saturated heterocycles. The third-order valence-corrected chi connectivity index (χ3v) is 2.18. The van der Waals surface area contributed by atoms with E-state index in [1.54, 1.807) is 12.4 Å². The summed E-state index contributed by atoms with van der Waals surface area (Å²) in [4.78, 5) is 8.32. The molecule has 0 amide bonds. The molecule has 3 N–H and O–H groups in total. The lowest BCUT2D eigenvalue weighted by molar-refractivity contribution is 1.04. The molecule has 0 atom stereocenters. The van der Waals surface area contributed by atoms with E-state index in [1.807, 2.05) is 31.2 Å². The summed E-state index contributed by atoms with van der Waals surface area (Å²) in [6.07, 6.45) is 3.57. The van der Waals surface area contributed by atoms with Gasteiger partial charge in [0.25, 0.3) is 0 Å². The van der Waals surface area contributed by atoms with Gasteiger partial charge >= 0.3 is 0 Å². The topological polar surface area (TPSA) is 63.8 Å². The second-order valence-corrected chi connectivity index (χ2v) is 3.68. The van der Waals surface area contributed by atoms with E-state index in [2.05, 4.69) is 15.3 Å². The Labute approximate surface area is 94.5 Å². The Morgan fingerprint density at radius 3 is 2.69 bits per heavy atom. The van der Waals surface area contributed by atoms with Gasteiger partial charge in [-0.05, 0) is 30.2 Å². The van der Waals surface area contributed by atoms with E-state index >= 15 is 0 Å². The number of nitrogens with two attached hydrogens (primary N) is 1. The van der Waals surface area contributed by atoms with Gasteiger partial charge in [0, 0.05) is 24.6 Å². The Kier molecular flexibility index (Phi) is 3.00. The number of nitrogens with zero attached hydrogens (tertiary/aromatic N) is 2. The van der Waals surface area contributed by atoms with E-state index in [1.165, 1.54) is 0 Å². The predicted molar refractivity (Wildman–Crippen MR) is 65.0 cm³/mol. The third kappa shape index (κ3) is 2.70. The van der Waals surface area contributed by atoms with Gasteiger partial charge in [0.2, 0.25) is 5.95 Å². The van der Waals surface area contributed by atoms with Crippen LogP contribution in [0.5, 0.6) is 0 Å². The molecule has 82 valence electrons. The first-order valence-corrected chi connectivity index (χ1v) is 5.11. The molecule has 0 saturated carbocycles. The highest BCUT2D eigenvalue weighted by Gasteiger charge is 1.96. The number of hydrogen-bond donors (Lipinski definition) is 2. The fourth-order valence-corrected chi connectivity index (χ4v) is 1.37. The van der Waals surface area contributed by atoms with E-state index in [9.17, 15) is 0 Å². The Morgan fingerprint density at radius 2 is 2.00 bits per heavy atom. The van der Waals surface area contributed by atoms with Gasteiger partial charge < -0.3 is 11.1 Å². The minimum absolute atomic E-state index is 0.632. The fraction of sp³-hybridized carbons (Fsp3) is 0.167. The van der Waals surface area contributed by atoms with Gasteiger partial charge in [0.15, 0.2) is 0 Å². The minimum Gasteiger partial charge on any atom is -0.399 e. The van der Waals surface area contributed by atoms with Crippen LogP contribution in [-0.4, -0.2) is 9.97 Å². The maximum Gasteiger partial charge on any atom is 0.222 e. The highest BCUT2D eigenvalue weighted by Crippen LogP contribution is 2.08. The van der Waals surface area contributed by atoms with Crippen LogP contribution in [0, 0.1) is 6.92 Å². The van der Waals surface area contributed by atoms with Crippen LogP contribution in [0.2, 0.25) is 0 Å². The van der Waals surface area contributed by atoms with Crippen LogP contribution in [0.25, 0.3) is 0 Å². The van der Waals surface area contributed by atoms with Crippen molar-refractivity contribution in [3.63, 3.8) is 0 Å². The molecule has 16 heavy (non-hydrogen) atoms. The molecule has 0 aliphatic carbocycles. The molecule has 2 aromatic rings. The summed E-state index contributed by atoms with van der Waals surface area (Å²) in [6, 6.07) is 7.74. The molecule has 0 aliphatic rings. The first-order valence-electron chi connectivity index (χ1n) is 5.11. The lowest BCUT2D eigenvalue weighted by atomic mass is 10.2. The molecular weight excluding hydrogens is 200 g/mol. The summed E-state index contributed by atoms with van der Waals surface area (Å²) in [5.74, 6) is 0.632. The third-order valence-electron chi connectivity index (χ3n) is 2.18. The number of nitrogen functional groups attached to an aromatic ring is 1. The average molecular weight is 214 g/mol. The molecule has 0 aliphatic heterocycles. The van der Waals surface area contributed by atoms with Crippen molar-refractivity contribution in [2.45, 2.75) is 13.5 Å². The average Bonchev–Trinajstić information content (AvgIpc) is 2.28. The first-order chi connectivity index (χ1) is 7.74. The van der Waals surface area contributed by atoms with Crippen molar-refractivity contribution < 1.29 is 0 Å². The van der Waals surface area contributed by atoms with E-state index in [0.717, 1.165) is 16.8 Å². The molecule has 1 aromatic carbocycles. The summed E-state index contributed by atoms with van der Waals surface area (Å²) < 4.78 is 0. The summed E-state index contributed by atoms with van der Waals surface area (Å²) in [5.41, 5.74) is 8.62. The van der Waals surface area contributed by atoms with Crippen LogP contribution in [0.3, 0.4) is 0 Å². The molecule has 0 bridgehead atoms. The van der Waals surface area contributed by atoms with Gasteiger partial charge in [-0.25, -0.2) is 9.97 Å². The summed E-state index contributed by atoms with van der Waals surface area (Å²) in [5, 5.41) is 3.14. The van der Waals surface area contributed by atoms with Crippen LogP contribution in [0.15, 0.2) is 36.7 Å². The van der Waals surface area contributed by atoms with E-state index in [-0.39, 0.29) is 0 Å². The van der Waals surface area contributed by atoms with Crippen LogP contribution in [-0.2, 0) is 6.54 Å². The molecule has 0 unspecified atom stereocenters. The Bertz CT molecular complexity index is 465. The molecule has 1 heterocycles. The van der Waals surface area contributed by atoms with E-state index < -0.39 is 0 Å². The van der Waals surface area contributed by atoms with Crippen molar-refractivity contribution in [2.75, 3.05) is 11.1 Å². The highest BCUT2D eigenvalue weighted by atomic mass is 15.1. The van der Waals surface area contributed by atoms with Crippen molar-refractivity contribution in [2.24, 2.45) is 0 Å². The van der Waals surface area contributed by atoms with Gasteiger partial charge in [-0.1, -0.05) is 12.1 Å². The molecule has 0 spiro atoms. The second kappa shape index (κ2) is 4.61. The van der Waals surface area contributed by atoms with Crippen molar-refractivity contribution in [1.82, 2.24) is 9.97 Å². The molecule has 1 aromatic heterocycles. The smallest absolute Gasteiger partial charge is 0.222 e. The Morgan fingerprint density at radius 1 is 1.25 bits per heavy atom. The maximum atomic E-state index is 5.69. The number of nitrogens with one attached hydrogen (secondary N) is 1. The monoisotopic (exact) mass is 214 g/mol. The van der Waals surface area contributed by atoms with Crippen LogP contribution in [0.4, 0.5) is 11.6 Å². The summed E-state index contributed by atoms with van der Waals surface area (Å²) in [6.45, 7) is 2.63. The minimum atomic E-state index is 0.632. The predicted octanol–water partition coefficient (Wildman–Crippen LogP) is 1.98. The quantitative estimate of drug-likeness (QED) is 0.767. The number of anilines is 2. The van der Waals surface area contributed by atoms with E-state index in [0.29, 0.717) is 12.5 Å². The molecule has 0 radical (unpaired) electrons. The maximum absolute atomic E-state index is 5.69. The molecule has 2 rings (SSSR count). The summed E-state index contributed by atoms with van der Waals surface area (Å²) in [7, 11) is 0. The fourth-order valence-electron chi connectivity index (χ4n) is 1.37. The summed E-state index contributed by atoms with van der Waals surface area (Å²) >= 11 is 0. The molecular formula is C12H14N4. The number of hydrogen-bond acceptors (Lipinski definition) is 4. The zero-order valence-electron chi connectivity index (χ0n) is 9.14. The van der Waals surface area contributed by atoms with Gasteiger partial charge in [-0.2, -0.15) is 0 Å². The number of rotatable bonds is 3. The highest BCUT2D eigenvalue weighted by molar-refractivity contribution is 5.41. The molecule has 0 fully saturated rings. The van der Waals surface area contributed by atoms with Crippen LogP contribution >= 0.6 is 0 Å². The molecule has 4 nitrogen and oxygen atoms in total. The first kappa shape index (κ1) is 10.4. The van der Waals surface area contributed by atoms with Gasteiger partial charge in [0.1, 0.15) is 0 Å². The van der Waals surface area contributed by atoms with Crippen LogP contribution < -0.4 is 11.1 Å². The standard InChI is InChI=1S/C12H14N4/c1-9-6-14-12(15-7-9)16-8-10-3-2-4-11(13)5-10/h2-7H,8,13H2,1H3,(H,14,15,16). The van der Waals surface area contributed by atoms with Gasteiger partial charge in [0.05, 0.1) is 0 Å². The van der Waals surface area contributed by atoms with Gasteiger partial charge in [-0.3, -0.25) is 0 Å². The number of benzene rings is 1.